The van der Waals surface area contributed by atoms with Crippen LogP contribution in [0.25, 0.3) is 0 Å². The van der Waals surface area contributed by atoms with Crippen LogP contribution in [0.5, 0.6) is 0 Å². The molecule has 1 aliphatic heterocycles. The van der Waals surface area contributed by atoms with Gasteiger partial charge in [0.2, 0.25) is 0 Å². The number of benzene rings is 1. The van der Waals surface area contributed by atoms with E-state index in [0.29, 0.717) is 0 Å². The summed E-state index contributed by atoms with van der Waals surface area (Å²) in [6, 6.07) is 7.96. The van der Waals surface area contributed by atoms with Gasteiger partial charge in [-0.25, -0.2) is 0 Å². The van der Waals surface area contributed by atoms with Gasteiger partial charge >= 0.3 is 0 Å². The Hall–Kier alpha value is -0.770. The molecular weight excluding hydrogens is 236 g/mol. The van der Waals surface area contributed by atoms with E-state index in [4.69, 9.17) is 11.6 Å². The van der Waals surface area contributed by atoms with Crippen molar-refractivity contribution in [2.45, 2.75) is 13.0 Å². The number of piperazine rings is 1. The third kappa shape index (κ3) is 3.35. The van der Waals surface area contributed by atoms with Gasteiger partial charge in [0.15, 0.2) is 0 Å². The fourth-order valence-corrected chi connectivity index (χ4v) is 2.51. The minimum absolute atomic E-state index is 0.248. The van der Waals surface area contributed by atoms with Crippen molar-refractivity contribution in [3.05, 3.63) is 29.3 Å². The molecule has 94 valence electrons. The van der Waals surface area contributed by atoms with Crippen molar-refractivity contribution >= 4 is 17.3 Å². The molecule has 0 aliphatic carbocycles. The van der Waals surface area contributed by atoms with Crippen molar-refractivity contribution in [1.29, 1.82) is 0 Å². The lowest BCUT2D eigenvalue weighted by atomic mass is 10.2. The van der Waals surface area contributed by atoms with Gasteiger partial charge in [-0.3, -0.25) is 4.90 Å². The van der Waals surface area contributed by atoms with Crippen LogP contribution >= 0.6 is 11.6 Å². The number of hydrogen-bond acceptors (Lipinski definition) is 3. The summed E-state index contributed by atoms with van der Waals surface area (Å²) in [5.74, 6) is 0. The minimum Gasteiger partial charge on any atom is -0.392 e. The SMILES string of the molecule is C[C@@H](O)CN1CCN(c2ccccc2Cl)CC1. The van der Waals surface area contributed by atoms with Gasteiger partial charge in [-0.15, -0.1) is 0 Å². The number of para-hydroxylation sites is 1. The van der Waals surface area contributed by atoms with Crippen LogP contribution in [-0.2, 0) is 0 Å². The van der Waals surface area contributed by atoms with E-state index in [1.54, 1.807) is 0 Å². The monoisotopic (exact) mass is 254 g/mol. The molecule has 1 fully saturated rings. The van der Waals surface area contributed by atoms with Gasteiger partial charge in [-0.05, 0) is 19.1 Å². The number of anilines is 1. The summed E-state index contributed by atoms with van der Waals surface area (Å²) in [5, 5.41) is 10.2. The highest BCUT2D eigenvalue weighted by Crippen LogP contribution is 2.25. The molecule has 4 heteroatoms. The fourth-order valence-electron chi connectivity index (χ4n) is 2.25. The van der Waals surface area contributed by atoms with Gasteiger partial charge in [0, 0.05) is 32.7 Å². The Morgan fingerprint density at radius 2 is 1.88 bits per heavy atom. The van der Waals surface area contributed by atoms with E-state index >= 15 is 0 Å². The minimum atomic E-state index is -0.248. The molecule has 1 atom stereocenters. The van der Waals surface area contributed by atoms with Crippen molar-refractivity contribution in [2.75, 3.05) is 37.6 Å². The van der Waals surface area contributed by atoms with Crippen molar-refractivity contribution in [1.82, 2.24) is 4.90 Å². The van der Waals surface area contributed by atoms with Crippen molar-refractivity contribution in [3.63, 3.8) is 0 Å². The molecule has 1 N–H and O–H groups in total. The Kier molecular flexibility index (Phi) is 4.26. The standard InChI is InChI=1S/C13H19ClN2O/c1-11(17)10-15-6-8-16(9-7-15)13-5-3-2-4-12(13)14/h2-5,11,17H,6-10H2,1H3/t11-/m1/s1. The van der Waals surface area contributed by atoms with Crippen LogP contribution in [0.3, 0.4) is 0 Å². The lowest BCUT2D eigenvalue weighted by Gasteiger charge is -2.36. The van der Waals surface area contributed by atoms with Gasteiger partial charge in [-0.2, -0.15) is 0 Å². The average molecular weight is 255 g/mol. The van der Waals surface area contributed by atoms with E-state index in [2.05, 4.69) is 15.9 Å². The van der Waals surface area contributed by atoms with Crippen LogP contribution in [0, 0.1) is 0 Å². The highest BCUT2D eigenvalue weighted by atomic mass is 35.5. The lowest BCUT2D eigenvalue weighted by molar-refractivity contribution is 0.123. The number of β-amino-alcohol motifs (C(OH)–C–C–N with tert-alkyl or cyclic N) is 1. The van der Waals surface area contributed by atoms with Crippen molar-refractivity contribution in [2.24, 2.45) is 0 Å². The van der Waals surface area contributed by atoms with Crippen LogP contribution in [0.2, 0.25) is 5.02 Å². The maximum Gasteiger partial charge on any atom is 0.0639 e. The molecule has 2 rings (SSSR count). The number of hydrogen-bond donors (Lipinski definition) is 1. The Morgan fingerprint density at radius 1 is 1.24 bits per heavy atom. The van der Waals surface area contributed by atoms with E-state index in [1.807, 2.05) is 25.1 Å². The van der Waals surface area contributed by atoms with Gasteiger partial charge in [0.1, 0.15) is 0 Å². The van der Waals surface area contributed by atoms with E-state index in [9.17, 15) is 5.11 Å². The fraction of sp³-hybridized carbons (Fsp3) is 0.538. The van der Waals surface area contributed by atoms with E-state index < -0.39 is 0 Å². The van der Waals surface area contributed by atoms with Crippen LogP contribution in [0.1, 0.15) is 6.92 Å². The second-order valence-corrected chi connectivity index (χ2v) is 5.00. The molecule has 0 unspecified atom stereocenters. The molecule has 1 aromatic carbocycles. The number of aliphatic hydroxyl groups excluding tert-OH is 1. The molecule has 1 aromatic rings. The topological polar surface area (TPSA) is 26.7 Å². The third-order valence-corrected chi connectivity index (χ3v) is 3.41. The smallest absolute Gasteiger partial charge is 0.0639 e. The normalized spacial score (nSPS) is 19.4. The van der Waals surface area contributed by atoms with E-state index in [0.717, 1.165) is 43.4 Å². The highest BCUT2D eigenvalue weighted by Gasteiger charge is 2.19. The molecule has 0 bridgehead atoms. The van der Waals surface area contributed by atoms with Gasteiger partial charge in [0.05, 0.1) is 16.8 Å². The van der Waals surface area contributed by atoms with Gasteiger partial charge < -0.3 is 10.0 Å². The number of nitrogens with zero attached hydrogens (tertiary/aromatic N) is 2. The zero-order chi connectivity index (χ0) is 12.3. The quantitative estimate of drug-likeness (QED) is 0.892. The van der Waals surface area contributed by atoms with Crippen LogP contribution in [0.15, 0.2) is 24.3 Å². The van der Waals surface area contributed by atoms with Crippen molar-refractivity contribution in [3.8, 4) is 0 Å². The van der Waals surface area contributed by atoms with E-state index in [-0.39, 0.29) is 6.10 Å². The van der Waals surface area contributed by atoms with Gasteiger partial charge in [-0.1, -0.05) is 23.7 Å². The number of aliphatic hydroxyl groups is 1. The maximum atomic E-state index is 9.36. The Balaban J connectivity index is 1.93. The maximum absolute atomic E-state index is 9.36. The second kappa shape index (κ2) is 5.71. The first-order valence-electron chi connectivity index (χ1n) is 6.06. The largest absolute Gasteiger partial charge is 0.392 e. The predicted molar refractivity (Wildman–Crippen MR) is 71.8 cm³/mol. The number of rotatable bonds is 3. The molecule has 17 heavy (non-hydrogen) atoms. The zero-order valence-corrected chi connectivity index (χ0v) is 10.9. The highest BCUT2D eigenvalue weighted by molar-refractivity contribution is 6.33. The van der Waals surface area contributed by atoms with Crippen LogP contribution in [0.4, 0.5) is 5.69 Å². The molecule has 1 heterocycles. The molecular formula is C13H19ClN2O. The van der Waals surface area contributed by atoms with Crippen molar-refractivity contribution < 1.29 is 5.11 Å². The molecule has 0 saturated carbocycles. The summed E-state index contributed by atoms with van der Waals surface area (Å²) in [5.41, 5.74) is 1.12. The van der Waals surface area contributed by atoms with Crippen LogP contribution < -0.4 is 4.90 Å². The summed E-state index contributed by atoms with van der Waals surface area (Å²) >= 11 is 6.18. The summed E-state index contributed by atoms with van der Waals surface area (Å²) in [7, 11) is 0. The molecule has 0 aromatic heterocycles. The summed E-state index contributed by atoms with van der Waals surface area (Å²) in [6.07, 6.45) is -0.248. The zero-order valence-electron chi connectivity index (χ0n) is 10.1. The molecule has 3 nitrogen and oxygen atoms in total. The first kappa shape index (κ1) is 12.7. The Bertz CT molecular complexity index is 362. The Labute approximate surface area is 108 Å². The average Bonchev–Trinajstić information content (AvgIpc) is 2.30. The molecule has 1 aliphatic rings. The van der Waals surface area contributed by atoms with E-state index in [1.165, 1.54) is 0 Å². The molecule has 0 spiro atoms. The Morgan fingerprint density at radius 3 is 2.47 bits per heavy atom. The summed E-state index contributed by atoms with van der Waals surface area (Å²) in [6.45, 7) is 6.50. The molecule has 1 saturated heterocycles. The molecule has 0 amide bonds. The first-order chi connectivity index (χ1) is 8.16. The number of halogens is 1. The van der Waals surface area contributed by atoms with Crippen LogP contribution in [-0.4, -0.2) is 48.8 Å². The third-order valence-electron chi connectivity index (χ3n) is 3.09. The first-order valence-corrected chi connectivity index (χ1v) is 6.44. The van der Waals surface area contributed by atoms with Gasteiger partial charge in [0.25, 0.3) is 0 Å². The molecule has 0 radical (unpaired) electrons. The summed E-state index contributed by atoms with van der Waals surface area (Å²) in [4.78, 5) is 4.60. The summed E-state index contributed by atoms with van der Waals surface area (Å²) < 4.78 is 0. The lowest BCUT2D eigenvalue weighted by Crippen LogP contribution is -2.48. The predicted octanol–water partition coefficient (Wildman–Crippen LogP) is 1.84. The second-order valence-electron chi connectivity index (χ2n) is 4.59.